The molecule has 1 aliphatic rings. The number of nitrogens with one attached hydrogen (secondary N) is 1. The summed E-state index contributed by atoms with van der Waals surface area (Å²) < 4.78 is 19.2. The van der Waals surface area contributed by atoms with Crippen LogP contribution in [-0.2, 0) is 4.74 Å². The summed E-state index contributed by atoms with van der Waals surface area (Å²) in [6, 6.07) is 0.268. The molecule has 0 aliphatic heterocycles. The zero-order valence-corrected chi connectivity index (χ0v) is 12.4. The SMILES string of the molecule is CCNc1ncc(F)c(N(CCOC)C(C)C2CC2)n1. The van der Waals surface area contributed by atoms with Gasteiger partial charge in [0.25, 0.3) is 0 Å². The van der Waals surface area contributed by atoms with Crippen molar-refractivity contribution in [1.82, 2.24) is 9.97 Å². The van der Waals surface area contributed by atoms with E-state index in [1.807, 2.05) is 11.8 Å². The quantitative estimate of drug-likeness (QED) is 0.793. The highest BCUT2D eigenvalue weighted by Gasteiger charge is 2.33. The van der Waals surface area contributed by atoms with Crippen LogP contribution in [0.3, 0.4) is 0 Å². The van der Waals surface area contributed by atoms with Crippen LogP contribution in [0.1, 0.15) is 26.7 Å². The fourth-order valence-corrected chi connectivity index (χ4v) is 2.33. The Hall–Kier alpha value is -1.43. The van der Waals surface area contributed by atoms with Gasteiger partial charge in [-0.25, -0.2) is 9.37 Å². The van der Waals surface area contributed by atoms with Crippen LogP contribution in [0.4, 0.5) is 16.2 Å². The van der Waals surface area contributed by atoms with Crippen molar-refractivity contribution in [2.24, 2.45) is 5.92 Å². The molecule has 0 spiro atoms. The fourth-order valence-electron chi connectivity index (χ4n) is 2.33. The molecule has 1 heterocycles. The van der Waals surface area contributed by atoms with Crippen LogP contribution in [0.15, 0.2) is 6.20 Å². The van der Waals surface area contributed by atoms with E-state index in [2.05, 4.69) is 22.2 Å². The predicted octanol–water partition coefficient (Wildman–Crippen LogP) is 2.30. The molecule has 0 radical (unpaired) electrons. The molecule has 20 heavy (non-hydrogen) atoms. The average Bonchev–Trinajstić information content (AvgIpc) is 3.27. The number of nitrogens with zero attached hydrogens (tertiary/aromatic N) is 3. The second-order valence-electron chi connectivity index (χ2n) is 5.16. The first-order chi connectivity index (χ1) is 9.67. The van der Waals surface area contributed by atoms with Crippen LogP contribution in [0.25, 0.3) is 0 Å². The average molecular weight is 282 g/mol. The van der Waals surface area contributed by atoms with E-state index in [9.17, 15) is 4.39 Å². The van der Waals surface area contributed by atoms with Crippen molar-refractivity contribution >= 4 is 11.8 Å². The molecule has 1 aromatic heterocycles. The van der Waals surface area contributed by atoms with Crippen LogP contribution in [0.2, 0.25) is 0 Å². The van der Waals surface area contributed by atoms with Gasteiger partial charge in [0, 0.05) is 26.2 Å². The Kier molecular flexibility index (Phi) is 5.11. The summed E-state index contributed by atoms with van der Waals surface area (Å²) >= 11 is 0. The van der Waals surface area contributed by atoms with Gasteiger partial charge in [-0.1, -0.05) is 0 Å². The van der Waals surface area contributed by atoms with Crippen molar-refractivity contribution in [1.29, 1.82) is 0 Å². The topological polar surface area (TPSA) is 50.3 Å². The number of rotatable bonds is 8. The van der Waals surface area contributed by atoms with Gasteiger partial charge in [-0.05, 0) is 32.6 Å². The molecule has 1 atom stereocenters. The third kappa shape index (κ3) is 3.56. The Labute approximate surface area is 119 Å². The lowest BCUT2D eigenvalue weighted by molar-refractivity contribution is 0.202. The maximum absolute atomic E-state index is 14.1. The van der Waals surface area contributed by atoms with E-state index in [1.54, 1.807) is 7.11 Å². The molecule has 1 N–H and O–H groups in total. The molecule has 1 saturated carbocycles. The van der Waals surface area contributed by atoms with E-state index in [0.29, 0.717) is 37.4 Å². The number of halogens is 1. The molecule has 112 valence electrons. The monoisotopic (exact) mass is 282 g/mol. The van der Waals surface area contributed by atoms with E-state index >= 15 is 0 Å². The zero-order valence-electron chi connectivity index (χ0n) is 12.4. The summed E-state index contributed by atoms with van der Waals surface area (Å²) in [6.07, 6.45) is 3.65. The molecule has 0 saturated heterocycles. The number of anilines is 2. The highest BCUT2D eigenvalue weighted by Crippen LogP contribution is 2.37. The van der Waals surface area contributed by atoms with Gasteiger partial charge in [0.15, 0.2) is 11.6 Å². The molecule has 6 heteroatoms. The Bertz CT molecular complexity index is 439. The first-order valence-corrected chi connectivity index (χ1v) is 7.19. The predicted molar refractivity (Wildman–Crippen MR) is 77.6 cm³/mol. The summed E-state index contributed by atoms with van der Waals surface area (Å²) in [7, 11) is 1.65. The molecule has 0 amide bonds. The molecule has 0 bridgehead atoms. The van der Waals surface area contributed by atoms with Crippen molar-refractivity contribution in [3.05, 3.63) is 12.0 Å². The second kappa shape index (κ2) is 6.83. The smallest absolute Gasteiger partial charge is 0.224 e. The second-order valence-corrected chi connectivity index (χ2v) is 5.16. The van der Waals surface area contributed by atoms with Gasteiger partial charge in [-0.15, -0.1) is 0 Å². The molecule has 5 nitrogen and oxygen atoms in total. The maximum Gasteiger partial charge on any atom is 0.224 e. The van der Waals surface area contributed by atoms with Gasteiger partial charge < -0.3 is 15.0 Å². The van der Waals surface area contributed by atoms with Gasteiger partial charge >= 0.3 is 0 Å². The van der Waals surface area contributed by atoms with Crippen LogP contribution in [-0.4, -0.2) is 42.8 Å². The minimum atomic E-state index is -0.379. The molecule has 2 rings (SSSR count). The Balaban J connectivity index is 2.23. The van der Waals surface area contributed by atoms with Gasteiger partial charge in [0.05, 0.1) is 12.8 Å². The van der Waals surface area contributed by atoms with Crippen molar-refractivity contribution in [2.75, 3.05) is 37.0 Å². The standard InChI is InChI=1S/C14H23FN4O/c1-4-16-14-17-9-12(15)13(18-14)19(7-8-20-3)10(2)11-5-6-11/h9-11H,4-8H2,1-3H3,(H,16,17,18). The lowest BCUT2D eigenvalue weighted by Gasteiger charge is -2.30. The normalized spacial score (nSPS) is 16.0. The first-order valence-electron chi connectivity index (χ1n) is 7.19. The van der Waals surface area contributed by atoms with Crippen molar-refractivity contribution in [2.45, 2.75) is 32.7 Å². The third-order valence-electron chi connectivity index (χ3n) is 3.66. The number of aromatic nitrogens is 2. The number of ether oxygens (including phenoxy) is 1. The van der Waals surface area contributed by atoms with Gasteiger partial charge in [-0.3, -0.25) is 0 Å². The van der Waals surface area contributed by atoms with E-state index in [0.717, 1.165) is 0 Å². The highest BCUT2D eigenvalue weighted by molar-refractivity contribution is 5.45. The van der Waals surface area contributed by atoms with E-state index in [-0.39, 0.29) is 11.9 Å². The van der Waals surface area contributed by atoms with Crippen LogP contribution in [0.5, 0.6) is 0 Å². The molecule has 1 aliphatic carbocycles. The molecule has 1 fully saturated rings. The lowest BCUT2D eigenvalue weighted by atomic mass is 10.2. The largest absolute Gasteiger partial charge is 0.383 e. The minimum absolute atomic E-state index is 0.268. The van der Waals surface area contributed by atoms with Crippen molar-refractivity contribution in [3.8, 4) is 0 Å². The molecule has 0 aromatic carbocycles. The first kappa shape index (κ1) is 15.0. The van der Waals surface area contributed by atoms with Crippen molar-refractivity contribution < 1.29 is 9.13 Å². The molecule has 1 unspecified atom stereocenters. The van der Waals surface area contributed by atoms with Gasteiger partial charge in [-0.2, -0.15) is 4.98 Å². The molecular formula is C14H23FN4O. The van der Waals surface area contributed by atoms with Crippen LogP contribution < -0.4 is 10.2 Å². The summed E-state index contributed by atoms with van der Waals surface area (Å²) in [6.45, 7) is 5.98. The van der Waals surface area contributed by atoms with Crippen LogP contribution >= 0.6 is 0 Å². The Morgan fingerprint density at radius 2 is 2.30 bits per heavy atom. The zero-order chi connectivity index (χ0) is 14.5. The summed E-state index contributed by atoms with van der Waals surface area (Å²) in [5.41, 5.74) is 0. The number of hydrogen-bond donors (Lipinski definition) is 1. The summed E-state index contributed by atoms with van der Waals surface area (Å²) in [4.78, 5) is 10.3. The maximum atomic E-state index is 14.1. The fraction of sp³-hybridized carbons (Fsp3) is 0.714. The summed E-state index contributed by atoms with van der Waals surface area (Å²) in [5.74, 6) is 1.08. The van der Waals surface area contributed by atoms with E-state index in [4.69, 9.17) is 4.74 Å². The van der Waals surface area contributed by atoms with E-state index < -0.39 is 0 Å². The third-order valence-corrected chi connectivity index (χ3v) is 3.66. The lowest BCUT2D eigenvalue weighted by Crippen LogP contribution is -2.38. The van der Waals surface area contributed by atoms with Crippen LogP contribution in [0, 0.1) is 11.7 Å². The number of methoxy groups -OCH3 is 1. The summed E-state index contributed by atoms with van der Waals surface area (Å²) in [5, 5.41) is 3.02. The molecular weight excluding hydrogens is 259 g/mol. The number of hydrogen-bond acceptors (Lipinski definition) is 5. The van der Waals surface area contributed by atoms with Crippen molar-refractivity contribution in [3.63, 3.8) is 0 Å². The Morgan fingerprint density at radius 3 is 2.90 bits per heavy atom. The van der Waals surface area contributed by atoms with E-state index in [1.165, 1.54) is 19.0 Å². The molecule has 1 aromatic rings. The van der Waals surface area contributed by atoms with Gasteiger partial charge in [0.1, 0.15) is 0 Å². The highest BCUT2D eigenvalue weighted by atomic mass is 19.1. The minimum Gasteiger partial charge on any atom is -0.383 e. The van der Waals surface area contributed by atoms with Gasteiger partial charge in [0.2, 0.25) is 5.95 Å². The Morgan fingerprint density at radius 1 is 1.55 bits per heavy atom.